The van der Waals surface area contributed by atoms with Gasteiger partial charge >= 0.3 is 0 Å². The summed E-state index contributed by atoms with van der Waals surface area (Å²) in [5.74, 6) is -0.299. The van der Waals surface area contributed by atoms with Gasteiger partial charge in [-0.25, -0.2) is 0 Å². The fourth-order valence-electron chi connectivity index (χ4n) is 3.08. The molecule has 146 valence electrons. The van der Waals surface area contributed by atoms with Gasteiger partial charge < -0.3 is 9.64 Å². The van der Waals surface area contributed by atoms with Crippen LogP contribution in [-0.2, 0) is 16.1 Å². The maximum Gasteiger partial charge on any atom is 0.271 e. The van der Waals surface area contributed by atoms with Crippen molar-refractivity contribution < 1.29 is 19.2 Å². The first kappa shape index (κ1) is 19.3. The predicted molar refractivity (Wildman–Crippen MR) is 103 cm³/mol. The van der Waals surface area contributed by atoms with Crippen molar-refractivity contribution in [3.05, 3.63) is 63.7 Å². The van der Waals surface area contributed by atoms with Crippen molar-refractivity contribution in [2.75, 3.05) is 24.6 Å². The number of nitro groups is 1. The van der Waals surface area contributed by atoms with Gasteiger partial charge in [0.15, 0.2) is 6.61 Å². The SMILES string of the molecule is CCN(Cc1ccccc1C)C(=O)CN1C(=O)COc2ccc([N+](=O)[O-])cc21. The van der Waals surface area contributed by atoms with Gasteiger partial charge in [-0.15, -0.1) is 0 Å². The van der Waals surface area contributed by atoms with Crippen molar-refractivity contribution in [3.63, 3.8) is 0 Å². The zero-order valence-electron chi connectivity index (χ0n) is 15.8. The molecule has 0 N–H and O–H groups in total. The number of rotatable bonds is 6. The number of nitro benzene ring substituents is 1. The lowest BCUT2D eigenvalue weighted by Crippen LogP contribution is -2.46. The third-order valence-electron chi connectivity index (χ3n) is 4.75. The molecular weight excluding hydrogens is 362 g/mol. The summed E-state index contributed by atoms with van der Waals surface area (Å²) < 4.78 is 5.34. The molecule has 0 bridgehead atoms. The lowest BCUT2D eigenvalue weighted by molar-refractivity contribution is -0.384. The first-order valence-electron chi connectivity index (χ1n) is 8.94. The second kappa shape index (κ2) is 8.08. The number of benzene rings is 2. The molecule has 0 atom stereocenters. The molecule has 0 radical (unpaired) electrons. The highest BCUT2D eigenvalue weighted by molar-refractivity contribution is 6.02. The fourth-order valence-corrected chi connectivity index (χ4v) is 3.08. The third kappa shape index (κ3) is 3.95. The molecule has 2 amide bonds. The highest BCUT2D eigenvalue weighted by Crippen LogP contribution is 2.35. The van der Waals surface area contributed by atoms with Gasteiger partial charge in [0.05, 0.1) is 10.6 Å². The number of nitrogens with zero attached hydrogens (tertiary/aromatic N) is 3. The van der Waals surface area contributed by atoms with Crippen molar-refractivity contribution in [3.8, 4) is 5.75 Å². The number of non-ortho nitro benzene ring substituents is 1. The van der Waals surface area contributed by atoms with Gasteiger partial charge in [0.25, 0.3) is 11.6 Å². The number of anilines is 1. The van der Waals surface area contributed by atoms with E-state index >= 15 is 0 Å². The summed E-state index contributed by atoms with van der Waals surface area (Å²) in [5, 5.41) is 11.1. The number of fused-ring (bicyclic) bond motifs is 1. The van der Waals surface area contributed by atoms with E-state index in [9.17, 15) is 19.7 Å². The Labute approximate surface area is 162 Å². The number of likely N-dealkylation sites (N-methyl/N-ethyl adjacent to an activating group) is 1. The van der Waals surface area contributed by atoms with Crippen molar-refractivity contribution in [2.45, 2.75) is 20.4 Å². The molecule has 0 unspecified atom stereocenters. The van der Waals surface area contributed by atoms with E-state index in [-0.39, 0.29) is 30.4 Å². The molecule has 1 aliphatic heterocycles. The van der Waals surface area contributed by atoms with Crippen LogP contribution < -0.4 is 9.64 Å². The Morgan fingerprint density at radius 3 is 2.71 bits per heavy atom. The molecule has 0 fully saturated rings. The fraction of sp³-hybridized carbons (Fsp3) is 0.300. The van der Waals surface area contributed by atoms with Crippen LogP contribution in [0.1, 0.15) is 18.1 Å². The summed E-state index contributed by atoms with van der Waals surface area (Å²) in [7, 11) is 0. The monoisotopic (exact) mass is 383 g/mol. The first-order chi connectivity index (χ1) is 13.4. The minimum Gasteiger partial charge on any atom is -0.482 e. The van der Waals surface area contributed by atoms with Crippen LogP contribution in [-0.4, -0.2) is 41.3 Å². The smallest absolute Gasteiger partial charge is 0.271 e. The highest BCUT2D eigenvalue weighted by atomic mass is 16.6. The van der Waals surface area contributed by atoms with Crippen LogP contribution in [0.3, 0.4) is 0 Å². The van der Waals surface area contributed by atoms with Gasteiger partial charge in [-0.05, 0) is 31.0 Å². The molecule has 0 saturated carbocycles. The largest absolute Gasteiger partial charge is 0.482 e. The lowest BCUT2D eigenvalue weighted by Gasteiger charge is -2.31. The molecule has 8 heteroatoms. The molecule has 0 aromatic heterocycles. The molecule has 3 rings (SSSR count). The number of hydrogen-bond donors (Lipinski definition) is 0. The van der Waals surface area contributed by atoms with Crippen molar-refractivity contribution >= 4 is 23.2 Å². The second-order valence-corrected chi connectivity index (χ2v) is 6.51. The van der Waals surface area contributed by atoms with Gasteiger partial charge in [0.1, 0.15) is 12.3 Å². The molecule has 28 heavy (non-hydrogen) atoms. The summed E-state index contributed by atoms with van der Waals surface area (Å²) in [6.07, 6.45) is 0. The quantitative estimate of drug-likeness (QED) is 0.565. The zero-order chi connectivity index (χ0) is 20.3. The summed E-state index contributed by atoms with van der Waals surface area (Å²) >= 11 is 0. The van der Waals surface area contributed by atoms with Gasteiger partial charge in [-0.3, -0.25) is 24.6 Å². The van der Waals surface area contributed by atoms with Crippen molar-refractivity contribution in [1.82, 2.24) is 4.90 Å². The van der Waals surface area contributed by atoms with Crippen LogP contribution in [0.25, 0.3) is 0 Å². The number of amides is 2. The average Bonchev–Trinajstić information content (AvgIpc) is 2.69. The molecule has 2 aromatic rings. The Kier molecular flexibility index (Phi) is 5.58. The minimum absolute atomic E-state index is 0.165. The predicted octanol–water partition coefficient (Wildman–Crippen LogP) is 2.68. The van der Waals surface area contributed by atoms with Crippen LogP contribution in [0.15, 0.2) is 42.5 Å². The van der Waals surface area contributed by atoms with Gasteiger partial charge in [0, 0.05) is 25.2 Å². The topological polar surface area (TPSA) is 93.0 Å². The Balaban J connectivity index is 1.83. The average molecular weight is 383 g/mol. The standard InChI is InChI=1S/C20H21N3O5/c1-3-21(11-15-7-5-4-6-14(15)2)19(24)12-22-17-10-16(23(26)27)8-9-18(17)28-13-20(22)25/h4-10H,3,11-13H2,1-2H3. The number of carbonyl (C=O) groups is 2. The normalized spacial score (nSPS) is 12.9. The molecule has 0 aliphatic carbocycles. The Morgan fingerprint density at radius 1 is 1.29 bits per heavy atom. The highest BCUT2D eigenvalue weighted by Gasteiger charge is 2.30. The van der Waals surface area contributed by atoms with Gasteiger partial charge in [-0.2, -0.15) is 0 Å². The van der Waals surface area contributed by atoms with Crippen LogP contribution in [0, 0.1) is 17.0 Å². The van der Waals surface area contributed by atoms with E-state index in [1.54, 1.807) is 4.90 Å². The van der Waals surface area contributed by atoms with Crippen LogP contribution in [0.5, 0.6) is 5.75 Å². The molecule has 0 spiro atoms. The lowest BCUT2D eigenvalue weighted by atomic mass is 10.1. The molecule has 2 aromatic carbocycles. The molecule has 1 heterocycles. The number of ether oxygens (including phenoxy) is 1. The van der Waals surface area contributed by atoms with E-state index in [0.29, 0.717) is 18.8 Å². The zero-order valence-corrected chi connectivity index (χ0v) is 15.8. The van der Waals surface area contributed by atoms with E-state index in [1.165, 1.54) is 23.1 Å². The molecular formula is C20H21N3O5. The maximum atomic E-state index is 12.9. The summed E-state index contributed by atoms with van der Waals surface area (Å²) in [6, 6.07) is 11.8. The van der Waals surface area contributed by atoms with Gasteiger partial charge in [0.2, 0.25) is 5.91 Å². The second-order valence-electron chi connectivity index (χ2n) is 6.51. The van der Waals surface area contributed by atoms with E-state index < -0.39 is 10.8 Å². The number of aryl methyl sites for hydroxylation is 1. The first-order valence-corrected chi connectivity index (χ1v) is 8.94. The van der Waals surface area contributed by atoms with E-state index in [4.69, 9.17) is 4.74 Å². The van der Waals surface area contributed by atoms with Crippen molar-refractivity contribution in [1.29, 1.82) is 0 Å². The summed E-state index contributed by atoms with van der Waals surface area (Å²) in [5.41, 5.74) is 2.19. The Morgan fingerprint density at radius 2 is 2.04 bits per heavy atom. The molecule has 0 saturated heterocycles. The van der Waals surface area contributed by atoms with E-state index in [0.717, 1.165) is 11.1 Å². The van der Waals surface area contributed by atoms with Crippen molar-refractivity contribution in [2.24, 2.45) is 0 Å². The van der Waals surface area contributed by atoms with E-state index in [2.05, 4.69) is 0 Å². The Bertz CT molecular complexity index is 928. The third-order valence-corrected chi connectivity index (χ3v) is 4.75. The number of hydrogen-bond acceptors (Lipinski definition) is 5. The summed E-state index contributed by atoms with van der Waals surface area (Å²) in [4.78, 5) is 38.7. The van der Waals surface area contributed by atoms with Crippen LogP contribution in [0.2, 0.25) is 0 Å². The van der Waals surface area contributed by atoms with Gasteiger partial charge in [-0.1, -0.05) is 24.3 Å². The van der Waals surface area contributed by atoms with E-state index in [1.807, 2.05) is 38.1 Å². The summed E-state index contributed by atoms with van der Waals surface area (Å²) in [6.45, 7) is 4.36. The Hall–Kier alpha value is -3.42. The molecule has 1 aliphatic rings. The van der Waals surface area contributed by atoms with Crippen LogP contribution in [0.4, 0.5) is 11.4 Å². The van der Waals surface area contributed by atoms with Crippen LogP contribution >= 0.6 is 0 Å². The number of carbonyl (C=O) groups excluding carboxylic acids is 2. The maximum absolute atomic E-state index is 12.9. The minimum atomic E-state index is -0.546. The molecule has 8 nitrogen and oxygen atoms in total.